The summed E-state index contributed by atoms with van der Waals surface area (Å²) in [5.41, 5.74) is 3.61. The predicted molar refractivity (Wildman–Crippen MR) is 105 cm³/mol. The van der Waals surface area contributed by atoms with Crippen LogP contribution >= 0.6 is 0 Å². The molecule has 7 nitrogen and oxygen atoms in total. The normalized spacial score (nSPS) is 16.2. The van der Waals surface area contributed by atoms with Crippen molar-refractivity contribution in [1.29, 1.82) is 0 Å². The van der Waals surface area contributed by atoms with E-state index in [0.717, 1.165) is 16.8 Å². The fourth-order valence-corrected chi connectivity index (χ4v) is 2.79. The largest absolute Gasteiger partial charge is 0.497 e. The van der Waals surface area contributed by atoms with Gasteiger partial charge in [0.1, 0.15) is 11.8 Å². The highest BCUT2D eigenvalue weighted by Crippen LogP contribution is 2.18. The standard InChI is InChI=1S/C20H22N4O3/c1-12-4-9-16(13(2)10-12)22-20-23-17(11-18(25)24-20)19(26)21-14-5-7-15(27-3)8-6-14/h4-10,17H,11H2,1-3H3,(H,21,26)(H2,22,23,24,25)/t17-/m1/s1. The van der Waals surface area contributed by atoms with E-state index < -0.39 is 6.04 Å². The van der Waals surface area contributed by atoms with Crippen molar-refractivity contribution in [2.24, 2.45) is 4.99 Å². The second-order valence-electron chi connectivity index (χ2n) is 6.41. The number of aryl methyl sites for hydroxylation is 2. The molecule has 0 unspecified atom stereocenters. The molecule has 0 bridgehead atoms. The molecule has 0 aromatic heterocycles. The molecular weight excluding hydrogens is 344 g/mol. The lowest BCUT2D eigenvalue weighted by Crippen LogP contribution is -2.45. The quantitative estimate of drug-likeness (QED) is 0.776. The molecule has 140 valence electrons. The van der Waals surface area contributed by atoms with Gasteiger partial charge >= 0.3 is 0 Å². The van der Waals surface area contributed by atoms with E-state index in [1.807, 2.05) is 32.0 Å². The van der Waals surface area contributed by atoms with Crippen LogP contribution in [0.25, 0.3) is 0 Å². The number of methoxy groups -OCH3 is 1. The van der Waals surface area contributed by atoms with E-state index in [1.165, 1.54) is 0 Å². The second kappa shape index (κ2) is 7.90. The minimum absolute atomic E-state index is 0.0000476. The third-order valence-corrected chi connectivity index (χ3v) is 4.22. The Kier molecular flexibility index (Phi) is 5.40. The van der Waals surface area contributed by atoms with Crippen LogP contribution in [0, 0.1) is 13.8 Å². The molecule has 0 saturated heterocycles. The van der Waals surface area contributed by atoms with Crippen LogP contribution in [0.3, 0.4) is 0 Å². The number of amides is 2. The highest BCUT2D eigenvalue weighted by atomic mass is 16.5. The summed E-state index contributed by atoms with van der Waals surface area (Å²) < 4.78 is 5.10. The third kappa shape index (κ3) is 4.63. The molecule has 0 spiro atoms. The Balaban J connectivity index is 1.72. The number of nitrogens with zero attached hydrogens (tertiary/aromatic N) is 1. The summed E-state index contributed by atoms with van der Waals surface area (Å²) in [5.74, 6) is 0.373. The second-order valence-corrected chi connectivity index (χ2v) is 6.41. The number of nitrogens with one attached hydrogen (secondary N) is 3. The van der Waals surface area contributed by atoms with E-state index >= 15 is 0 Å². The zero-order valence-corrected chi connectivity index (χ0v) is 15.5. The minimum Gasteiger partial charge on any atom is -0.497 e. The lowest BCUT2D eigenvalue weighted by molar-refractivity contribution is -0.124. The molecule has 2 aromatic rings. The summed E-state index contributed by atoms with van der Waals surface area (Å²) in [4.78, 5) is 28.9. The monoisotopic (exact) mass is 366 g/mol. The Hall–Kier alpha value is -3.35. The molecule has 3 rings (SSSR count). The average Bonchev–Trinajstić information content (AvgIpc) is 2.64. The molecule has 3 N–H and O–H groups in total. The van der Waals surface area contributed by atoms with Crippen molar-refractivity contribution in [3.8, 4) is 5.75 Å². The van der Waals surface area contributed by atoms with Crippen LogP contribution in [0.2, 0.25) is 0 Å². The van der Waals surface area contributed by atoms with Crippen LogP contribution < -0.4 is 20.7 Å². The van der Waals surface area contributed by atoms with E-state index in [4.69, 9.17) is 4.74 Å². The van der Waals surface area contributed by atoms with Crippen LogP contribution in [0.4, 0.5) is 11.4 Å². The van der Waals surface area contributed by atoms with Crippen molar-refractivity contribution in [1.82, 2.24) is 5.32 Å². The molecule has 1 heterocycles. The first kappa shape index (κ1) is 18.4. The zero-order valence-electron chi connectivity index (χ0n) is 15.5. The van der Waals surface area contributed by atoms with Gasteiger partial charge in [-0.25, -0.2) is 4.99 Å². The van der Waals surface area contributed by atoms with E-state index in [9.17, 15) is 9.59 Å². The van der Waals surface area contributed by atoms with Gasteiger partial charge in [-0.05, 0) is 49.7 Å². The fraction of sp³-hybridized carbons (Fsp3) is 0.250. The van der Waals surface area contributed by atoms with E-state index in [2.05, 4.69) is 20.9 Å². The topological polar surface area (TPSA) is 91.8 Å². The van der Waals surface area contributed by atoms with Crippen LogP contribution in [0.5, 0.6) is 5.75 Å². The Morgan fingerprint density at radius 3 is 2.59 bits per heavy atom. The van der Waals surface area contributed by atoms with Gasteiger partial charge in [-0.15, -0.1) is 0 Å². The van der Waals surface area contributed by atoms with Gasteiger partial charge in [-0.2, -0.15) is 0 Å². The third-order valence-electron chi connectivity index (χ3n) is 4.22. The highest BCUT2D eigenvalue weighted by molar-refractivity contribution is 6.10. The molecule has 7 heteroatoms. The van der Waals surface area contributed by atoms with Gasteiger partial charge in [0.25, 0.3) is 0 Å². The lowest BCUT2D eigenvalue weighted by Gasteiger charge is -2.22. The summed E-state index contributed by atoms with van der Waals surface area (Å²) >= 11 is 0. The van der Waals surface area contributed by atoms with E-state index in [1.54, 1.807) is 31.4 Å². The van der Waals surface area contributed by atoms with Gasteiger partial charge in [-0.1, -0.05) is 17.7 Å². The molecule has 27 heavy (non-hydrogen) atoms. The van der Waals surface area contributed by atoms with Gasteiger partial charge < -0.3 is 15.4 Å². The molecule has 1 atom stereocenters. The van der Waals surface area contributed by atoms with E-state index in [-0.39, 0.29) is 24.2 Å². The van der Waals surface area contributed by atoms with Gasteiger partial charge in [0.05, 0.1) is 13.5 Å². The van der Waals surface area contributed by atoms with Crippen molar-refractivity contribution in [3.63, 3.8) is 0 Å². The van der Waals surface area contributed by atoms with Gasteiger partial charge in [0, 0.05) is 11.4 Å². The number of anilines is 2. The fourth-order valence-electron chi connectivity index (χ4n) is 2.79. The van der Waals surface area contributed by atoms with Gasteiger partial charge in [-0.3, -0.25) is 14.9 Å². The van der Waals surface area contributed by atoms with E-state index in [0.29, 0.717) is 11.4 Å². The van der Waals surface area contributed by atoms with Crippen molar-refractivity contribution in [3.05, 3.63) is 53.6 Å². The first-order valence-electron chi connectivity index (χ1n) is 8.61. The van der Waals surface area contributed by atoms with Gasteiger partial charge in [0.15, 0.2) is 0 Å². The van der Waals surface area contributed by atoms with Crippen LogP contribution in [0.1, 0.15) is 17.5 Å². The molecule has 0 radical (unpaired) electrons. The maximum absolute atomic E-state index is 12.5. The summed E-state index contributed by atoms with van der Waals surface area (Å²) in [6.07, 6.45) is 0.0000476. The van der Waals surface area contributed by atoms with Crippen molar-refractivity contribution < 1.29 is 14.3 Å². The predicted octanol–water partition coefficient (Wildman–Crippen LogP) is 2.61. The molecule has 1 aliphatic heterocycles. The summed E-state index contributed by atoms with van der Waals surface area (Å²) in [7, 11) is 1.58. The molecular formula is C20H22N4O3. The number of hydrogen-bond acceptors (Lipinski definition) is 5. The summed E-state index contributed by atoms with van der Waals surface area (Å²) in [6.45, 7) is 3.98. The highest BCUT2D eigenvalue weighted by Gasteiger charge is 2.27. The maximum Gasteiger partial charge on any atom is 0.249 e. The molecule has 2 amide bonds. The lowest BCUT2D eigenvalue weighted by atomic mass is 10.1. The summed E-state index contributed by atoms with van der Waals surface area (Å²) in [6, 6.07) is 12.1. The number of hydrogen-bond donors (Lipinski definition) is 3. The molecule has 1 aliphatic rings. The number of benzene rings is 2. The molecule has 2 aromatic carbocycles. The SMILES string of the molecule is COc1ccc(NC(=O)[C@H]2CC(=O)NC(Nc3ccc(C)cc3C)=N2)cc1. The maximum atomic E-state index is 12.5. The first-order valence-corrected chi connectivity index (χ1v) is 8.61. The Morgan fingerprint density at radius 1 is 1.19 bits per heavy atom. The van der Waals surface area contributed by atoms with Gasteiger partial charge in [0.2, 0.25) is 17.8 Å². The smallest absolute Gasteiger partial charge is 0.249 e. The molecule has 0 fully saturated rings. The number of rotatable bonds is 4. The Bertz CT molecular complexity index is 891. The Morgan fingerprint density at radius 2 is 1.93 bits per heavy atom. The number of aliphatic imine (C=N–C) groups is 1. The number of carbonyl (C=O) groups excluding carboxylic acids is 2. The number of guanidine groups is 1. The summed E-state index contributed by atoms with van der Waals surface area (Å²) in [5, 5.41) is 8.54. The molecule has 0 saturated carbocycles. The van der Waals surface area contributed by atoms with Crippen molar-refractivity contribution in [2.75, 3.05) is 17.7 Å². The van der Waals surface area contributed by atoms with Crippen molar-refractivity contribution >= 4 is 29.1 Å². The number of carbonyl (C=O) groups is 2. The first-order chi connectivity index (χ1) is 12.9. The van der Waals surface area contributed by atoms with Crippen LogP contribution in [-0.2, 0) is 9.59 Å². The average molecular weight is 366 g/mol. The van der Waals surface area contributed by atoms with Crippen LogP contribution in [0.15, 0.2) is 47.5 Å². The number of ether oxygens (including phenoxy) is 1. The minimum atomic E-state index is -0.797. The zero-order chi connectivity index (χ0) is 19.4. The van der Waals surface area contributed by atoms with Crippen molar-refractivity contribution in [2.45, 2.75) is 26.3 Å². The molecule has 0 aliphatic carbocycles. The Labute approximate surface area is 157 Å². The van der Waals surface area contributed by atoms with Crippen LogP contribution in [-0.4, -0.2) is 30.9 Å².